The lowest BCUT2D eigenvalue weighted by Crippen LogP contribution is -1.78. The summed E-state index contributed by atoms with van der Waals surface area (Å²) in [6.07, 6.45) is 0. The molecule has 0 unspecified atom stereocenters. The first-order valence-electron chi connectivity index (χ1n) is 3.84. The van der Waals surface area contributed by atoms with Crippen molar-refractivity contribution < 1.29 is 0 Å². The molecule has 72 valence electrons. The molecule has 2 aromatic rings. The lowest BCUT2D eigenvalue weighted by atomic mass is 10.1. The summed E-state index contributed by atoms with van der Waals surface area (Å²) < 4.78 is 4.17. The number of halogens is 2. The van der Waals surface area contributed by atoms with Gasteiger partial charge in [-0.05, 0) is 23.7 Å². The van der Waals surface area contributed by atoms with Crippen LogP contribution in [-0.4, -0.2) is 4.37 Å². The van der Waals surface area contributed by atoms with Gasteiger partial charge in [0, 0.05) is 11.6 Å². The third kappa shape index (κ3) is 1.85. The molecule has 0 radical (unpaired) electrons. The number of rotatable bonds is 1. The Hall–Kier alpha value is -0.770. The van der Waals surface area contributed by atoms with Gasteiger partial charge in [-0.3, -0.25) is 0 Å². The predicted molar refractivity (Wildman–Crippen MR) is 62.0 cm³/mol. The molecule has 1 heterocycles. The monoisotopic (exact) mass is 244 g/mol. The average Bonchev–Trinajstić information content (AvgIpc) is 2.57. The normalized spacial score (nSPS) is 10.4. The van der Waals surface area contributed by atoms with Crippen molar-refractivity contribution in [2.24, 2.45) is 0 Å². The van der Waals surface area contributed by atoms with Gasteiger partial charge in [-0.15, -0.1) is 0 Å². The highest BCUT2D eigenvalue weighted by Crippen LogP contribution is 2.29. The number of benzene rings is 1. The average molecular weight is 245 g/mol. The fraction of sp³-hybridized carbons (Fsp3) is 0. The van der Waals surface area contributed by atoms with Crippen molar-refractivity contribution >= 4 is 39.7 Å². The van der Waals surface area contributed by atoms with E-state index >= 15 is 0 Å². The first-order chi connectivity index (χ1) is 6.66. The van der Waals surface area contributed by atoms with Crippen LogP contribution in [0.2, 0.25) is 10.0 Å². The summed E-state index contributed by atoms with van der Waals surface area (Å²) in [7, 11) is 0. The highest BCUT2D eigenvalue weighted by molar-refractivity contribution is 7.10. The standard InChI is InChI=1S/C9H6Cl2N2S/c10-6-2-1-5(3-7(6)11)8-4-9(12)14-13-8/h1-4H,12H2. The van der Waals surface area contributed by atoms with Crippen LogP contribution in [0.4, 0.5) is 5.00 Å². The molecule has 1 aromatic carbocycles. The predicted octanol–water partition coefficient (Wildman–Crippen LogP) is 3.70. The summed E-state index contributed by atoms with van der Waals surface area (Å²) in [5.74, 6) is 0. The summed E-state index contributed by atoms with van der Waals surface area (Å²) in [6.45, 7) is 0. The van der Waals surface area contributed by atoms with Gasteiger partial charge >= 0.3 is 0 Å². The van der Waals surface area contributed by atoms with Gasteiger partial charge in [0.15, 0.2) is 0 Å². The number of nitrogen functional groups attached to an aromatic ring is 1. The molecule has 2 N–H and O–H groups in total. The first-order valence-corrected chi connectivity index (χ1v) is 5.37. The molecule has 0 aliphatic carbocycles. The van der Waals surface area contributed by atoms with Crippen LogP contribution in [-0.2, 0) is 0 Å². The molecule has 14 heavy (non-hydrogen) atoms. The van der Waals surface area contributed by atoms with Crippen molar-refractivity contribution in [2.75, 3.05) is 5.73 Å². The molecule has 0 saturated carbocycles. The quantitative estimate of drug-likeness (QED) is 0.831. The Morgan fingerprint density at radius 2 is 1.93 bits per heavy atom. The van der Waals surface area contributed by atoms with E-state index in [9.17, 15) is 0 Å². The molecule has 1 aromatic heterocycles. The molecule has 0 aliphatic rings. The first kappa shape index (κ1) is 9.77. The van der Waals surface area contributed by atoms with Gasteiger partial charge in [-0.25, -0.2) is 0 Å². The van der Waals surface area contributed by atoms with Gasteiger partial charge in [0.05, 0.1) is 15.7 Å². The minimum atomic E-state index is 0.524. The fourth-order valence-corrected chi connectivity index (χ4v) is 1.91. The number of nitrogens with zero attached hydrogens (tertiary/aromatic N) is 1. The van der Waals surface area contributed by atoms with Gasteiger partial charge in [-0.1, -0.05) is 29.3 Å². The Morgan fingerprint density at radius 1 is 1.14 bits per heavy atom. The zero-order valence-electron chi connectivity index (χ0n) is 7.00. The second-order valence-electron chi connectivity index (χ2n) is 2.74. The molecular formula is C9H6Cl2N2S. The van der Waals surface area contributed by atoms with Crippen LogP contribution in [0.25, 0.3) is 11.3 Å². The summed E-state index contributed by atoms with van der Waals surface area (Å²) in [4.78, 5) is 0. The third-order valence-electron chi connectivity index (χ3n) is 1.74. The Morgan fingerprint density at radius 3 is 2.50 bits per heavy atom. The van der Waals surface area contributed by atoms with Crippen molar-refractivity contribution in [3.05, 3.63) is 34.3 Å². The van der Waals surface area contributed by atoms with Crippen LogP contribution < -0.4 is 5.73 Å². The van der Waals surface area contributed by atoms with Crippen molar-refractivity contribution in [1.29, 1.82) is 0 Å². The summed E-state index contributed by atoms with van der Waals surface area (Å²) >= 11 is 12.9. The molecule has 0 fully saturated rings. The van der Waals surface area contributed by atoms with Gasteiger partial charge in [0.25, 0.3) is 0 Å². The molecule has 5 heteroatoms. The minimum absolute atomic E-state index is 0.524. The zero-order valence-corrected chi connectivity index (χ0v) is 9.33. The van der Waals surface area contributed by atoms with Crippen LogP contribution >= 0.6 is 34.7 Å². The van der Waals surface area contributed by atoms with E-state index in [4.69, 9.17) is 28.9 Å². The largest absolute Gasteiger partial charge is 0.389 e. The molecule has 0 aliphatic heterocycles. The van der Waals surface area contributed by atoms with Gasteiger partial charge in [-0.2, -0.15) is 4.37 Å². The van der Waals surface area contributed by atoms with Crippen LogP contribution in [0.5, 0.6) is 0 Å². The molecule has 0 spiro atoms. The van der Waals surface area contributed by atoms with Gasteiger partial charge in [0.2, 0.25) is 0 Å². The fourth-order valence-electron chi connectivity index (χ4n) is 1.08. The Bertz CT molecular complexity index is 468. The Kier molecular flexibility index (Phi) is 2.63. The smallest absolute Gasteiger partial charge is 0.107 e. The van der Waals surface area contributed by atoms with Crippen molar-refractivity contribution in [3.63, 3.8) is 0 Å². The molecule has 0 bridgehead atoms. The van der Waals surface area contributed by atoms with Crippen molar-refractivity contribution in [1.82, 2.24) is 4.37 Å². The second kappa shape index (κ2) is 3.77. The highest BCUT2D eigenvalue weighted by atomic mass is 35.5. The maximum absolute atomic E-state index is 5.88. The van der Waals surface area contributed by atoms with E-state index < -0.39 is 0 Å². The number of nitrogens with two attached hydrogens (primary N) is 1. The Labute approximate surface area is 95.4 Å². The van der Waals surface area contributed by atoms with Crippen molar-refractivity contribution in [2.45, 2.75) is 0 Å². The van der Waals surface area contributed by atoms with E-state index in [0.717, 1.165) is 11.3 Å². The van der Waals surface area contributed by atoms with E-state index in [1.54, 1.807) is 12.1 Å². The summed E-state index contributed by atoms with van der Waals surface area (Å²) in [5.41, 5.74) is 7.33. The molecule has 2 nitrogen and oxygen atoms in total. The number of aromatic nitrogens is 1. The molecular weight excluding hydrogens is 239 g/mol. The van der Waals surface area contributed by atoms with Crippen LogP contribution in [0.1, 0.15) is 0 Å². The minimum Gasteiger partial charge on any atom is -0.389 e. The van der Waals surface area contributed by atoms with Gasteiger partial charge in [0.1, 0.15) is 5.00 Å². The van der Waals surface area contributed by atoms with Crippen LogP contribution in [0, 0.1) is 0 Å². The van der Waals surface area contributed by atoms with Crippen LogP contribution in [0.3, 0.4) is 0 Å². The second-order valence-corrected chi connectivity index (χ2v) is 4.39. The zero-order chi connectivity index (χ0) is 10.1. The Balaban J connectivity index is 2.47. The number of hydrogen-bond acceptors (Lipinski definition) is 3. The van der Waals surface area contributed by atoms with E-state index in [1.165, 1.54) is 11.5 Å². The molecule has 0 atom stereocenters. The lowest BCUT2D eigenvalue weighted by Gasteiger charge is -1.98. The van der Waals surface area contributed by atoms with Gasteiger partial charge < -0.3 is 5.73 Å². The van der Waals surface area contributed by atoms with E-state index in [-0.39, 0.29) is 0 Å². The molecule has 0 saturated heterocycles. The molecule has 2 rings (SSSR count). The highest BCUT2D eigenvalue weighted by Gasteiger charge is 2.04. The summed E-state index contributed by atoms with van der Waals surface area (Å²) in [5, 5.41) is 1.75. The topological polar surface area (TPSA) is 38.9 Å². The summed E-state index contributed by atoms with van der Waals surface area (Å²) in [6, 6.07) is 7.19. The van der Waals surface area contributed by atoms with E-state index in [1.807, 2.05) is 12.1 Å². The van der Waals surface area contributed by atoms with Crippen molar-refractivity contribution in [3.8, 4) is 11.3 Å². The third-order valence-corrected chi connectivity index (χ3v) is 3.10. The SMILES string of the molecule is Nc1cc(-c2ccc(Cl)c(Cl)c2)ns1. The maximum Gasteiger partial charge on any atom is 0.107 e. The number of hydrogen-bond donors (Lipinski definition) is 1. The molecule has 0 amide bonds. The van der Waals surface area contributed by atoms with Crippen LogP contribution in [0.15, 0.2) is 24.3 Å². The van der Waals surface area contributed by atoms with E-state index in [0.29, 0.717) is 15.0 Å². The lowest BCUT2D eigenvalue weighted by molar-refractivity contribution is 1.52. The van der Waals surface area contributed by atoms with E-state index in [2.05, 4.69) is 4.37 Å². The maximum atomic E-state index is 5.88. The number of anilines is 1.